The fourth-order valence-corrected chi connectivity index (χ4v) is 1.77. The summed E-state index contributed by atoms with van der Waals surface area (Å²) in [4.78, 5) is 16.0. The molecule has 104 valence electrons. The van der Waals surface area contributed by atoms with Crippen LogP contribution in [0.3, 0.4) is 0 Å². The zero-order valence-corrected chi connectivity index (χ0v) is 11.8. The van der Waals surface area contributed by atoms with Gasteiger partial charge in [0.2, 0.25) is 5.91 Å². The highest BCUT2D eigenvalue weighted by Gasteiger charge is 2.02. The van der Waals surface area contributed by atoms with Gasteiger partial charge in [0.05, 0.1) is 6.54 Å². The first kappa shape index (κ1) is 14.2. The fourth-order valence-electron chi connectivity index (χ4n) is 1.77. The maximum atomic E-state index is 11.8. The van der Waals surface area contributed by atoms with Gasteiger partial charge in [0.25, 0.3) is 0 Å². The summed E-state index contributed by atoms with van der Waals surface area (Å²) in [7, 11) is 0. The number of aryl methyl sites for hydroxylation is 2. The number of hydrogen-bond acceptors (Lipinski definition) is 3. The van der Waals surface area contributed by atoms with E-state index in [1.807, 2.05) is 56.4 Å². The maximum Gasteiger partial charge on any atom is 0.238 e. The first-order chi connectivity index (χ1) is 9.63. The van der Waals surface area contributed by atoms with E-state index in [9.17, 15) is 4.79 Å². The van der Waals surface area contributed by atoms with Crippen LogP contribution < -0.4 is 10.6 Å². The van der Waals surface area contributed by atoms with Crippen LogP contribution in [0.1, 0.15) is 16.8 Å². The van der Waals surface area contributed by atoms with Gasteiger partial charge in [0.15, 0.2) is 0 Å². The predicted octanol–water partition coefficient (Wildman–Crippen LogP) is 2.43. The number of pyridine rings is 1. The second-order valence-electron chi connectivity index (χ2n) is 4.83. The van der Waals surface area contributed by atoms with E-state index in [1.165, 1.54) is 5.56 Å². The lowest BCUT2D eigenvalue weighted by Crippen LogP contribution is -2.27. The smallest absolute Gasteiger partial charge is 0.238 e. The summed E-state index contributed by atoms with van der Waals surface area (Å²) in [6.45, 7) is 4.88. The van der Waals surface area contributed by atoms with Crippen molar-refractivity contribution in [3.8, 4) is 0 Å². The second kappa shape index (κ2) is 6.82. The highest BCUT2D eigenvalue weighted by atomic mass is 16.1. The Labute approximate surface area is 119 Å². The van der Waals surface area contributed by atoms with E-state index in [2.05, 4.69) is 15.6 Å². The predicted molar refractivity (Wildman–Crippen MR) is 80.5 cm³/mol. The molecule has 0 atom stereocenters. The molecule has 0 radical (unpaired) electrons. The largest absolute Gasteiger partial charge is 0.325 e. The van der Waals surface area contributed by atoms with Crippen LogP contribution in [0.4, 0.5) is 5.69 Å². The van der Waals surface area contributed by atoms with Gasteiger partial charge in [0.1, 0.15) is 0 Å². The van der Waals surface area contributed by atoms with E-state index in [1.54, 1.807) is 0 Å². The van der Waals surface area contributed by atoms with Gasteiger partial charge in [-0.2, -0.15) is 0 Å². The molecule has 0 saturated carbocycles. The van der Waals surface area contributed by atoms with Crippen molar-refractivity contribution in [3.63, 3.8) is 0 Å². The molecule has 20 heavy (non-hydrogen) atoms. The van der Waals surface area contributed by atoms with Crippen molar-refractivity contribution in [2.45, 2.75) is 20.4 Å². The average molecular weight is 269 g/mol. The number of aromatic nitrogens is 1. The van der Waals surface area contributed by atoms with Gasteiger partial charge in [-0.15, -0.1) is 0 Å². The number of anilines is 1. The summed E-state index contributed by atoms with van der Waals surface area (Å²) < 4.78 is 0. The second-order valence-corrected chi connectivity index (χ2v) is 4.83. The normalized spacial score (nSPS) is 10.3. The van der Waals surface area contributed by atoms with Crippen LogP contribution in [0.2, 0.25) is 0 Å². The number of rotatable bonds is 5. The minimum atomic E-state index is -0.0473. The molecule has 1 heterocycles. The third kappa shape index (κ3) is 4.48. The Morgan fingerprint density at radius 3 is 2.50 bits per heavy atom. The summed E-state index contributed by atoms with van der Waals surface area (Å²) in [6, 6.07) is 11.7. The zero-order chi connectivity index (χ0) is 14.4. The molecule has 1 aromatic carbocycles. The van der Waals surface area contributed by atoms with Crippen LogP contribution in [-0.4, -0.2) is 17.4 Å². The third-order valence-electron chi connectivity index (χ3n) is 2.92. The van der Waals surface area contributed by atoms with Crippen LogP contribution in [-0.2, 0) is 11.3 Å². The standard InChI is InChI=1S/C16H19N3O/c1-12-3-7-15(8-4-12)19-16(20)11-17-9-14-6-5-13(2)18-10-14/h3-8,10,17H,9,11H2,1-2H3,(H,19,20). The number of carbonyl (C=O) groups excluding carboxylic acids is 1. The van der Waals surface area contributed by atoms with Gasteiger partial charge in [-0.05, 0) is 37.6 Å². The third-order valence-corrected chi connectivity index (χ3v) is 2.92. The molecule has 4 nitrogen and oxygen atoms in total. The van der Waals surface area contributed by atoms with Crippen molar-refractivity contribution in [1.82, 2.24) is 10.3 Å². The lowest BCUT2D eigenvalue weighted by molar-refractivity contribution is -0.115. The summed E-state index contributed by atoms with van der Waals surface area (Å²) in [5, 5.41) is 5.95. The number of benzene rings is 1. The fraction of sp³-hybridized carbons (Fsp3) is 0.250. The van der Waals surface area contributed by atoms with E-state index in [4.69, 9.17) is 0 Å². The first-order valence-corrected chi connectivity index (χ1v) is 6.62. The van der Waals surface area contributed by atoms with Gasteiger partial charge >= 0.3 is 0 Å². The Bertz CT molecular complexity index is 561. The zero-order valence-electron chi connectivity index (χ0n) is 11.8. The SMILES string of the molecule is Cc1ccc(NC(=O)CNCc2ccc(C)nc2)cc1. The lowest BCUT2D eigenvalue weighted by Gasteiger charge is -2.07. The summed E-state index contributed by atoms with van der Waals surface area (Å²) in [5.41, 5.74) is 4.05. The number of nitrogens with zero attached hydrogens (tertiary/aromatic N) is 1. The molecule has 0 bridgehead atoms. The van der Waals surface area contributed by atoms with Crippen LogP contribution in [0.5, 0.6) is 0 Å². The summed E-state index contributed by atoms with van der Waals surface area (Å²) >= 11 is 0. The van der Waals surface area contributed by atoms with Crippen molar-refractivity contribution in [2.75, 3.05) is 11.9 Å². The van der Waals surface area contributed by atoms with E-state index < -0.39 is 0 Å². The van der Waals surface area contributed by atoms with Gasteiger partial charge in [0, 0.05) is 24.1 Å². The average Bonchev–Trinajstić information content (AvgIpc) is 2.44. The molecule has 0 fully saturated rings. The van der Waals surface area contributed by atoms with Crippen LogP contribution in [0.25, 0.3) is 0 Å². The molecule has 2 rings (SSSR count). The van der Waals surface area contributed by atoms with E-state index in [-0.39, 0.29) is 12.5 Å². The number of nitrogens with one attached hydrogen (secondary N) is 2. The molecule has 0 aliphatic heterocycles. The topological polar surface area (TPSA) is 54.0 Å². The summed E-state index contributed by atoms with van der Waals surface area (Å²) in [5.74, 6) is -0.0473. The Morgan fingerprint density at radius 2 is 1.85 bits per heavy atom. The molecule has 1 aromatic heterocycles. The molecular formula is C16H19N3O. The van der Waals surface area contributed by atoms with Crippen LogP contribution in [0.15, 0.2) is 42.6 Å². The highest BCUT2D eigenvalue weighted by Crippen LogP contribution is 2.08. The summed E-state index contributed by atoms with van der Waals surface area (Å²) in [6.07, 6.45) is 1.82. The Hall–Kier alpha value is -2.20. The van der Waals surface area contributed by atoms with Crippen LogP contribution in [0, 0.1) is 13.8 Å². The van der Waals surface area contributed by atoms with Gasteiger partial charge < -0.3 is 10.6 Å². The highest BCUT2D eigenvalue weighted by molar-refractivity contribution is 5.92. The molecule has 2 aromatic rings. The number of amides is 1. The van der Waals surface area contributed by atoms with Crippen molar-refractivity contribution < 1.29 is 4.79 Å². The maximum absolute atomic E-state index is 11.8. The molecule has 0 aliphatic rings. The Kier molecular flexibility index (Phi) is 4.85. The van der Waals surface area contributed by atoms with Crippen molar-refractivity contribution in [1.29, 1.82) is 0 Å². The molecule has 0 unspecified atom stereocenters. The molecule has 2 N–H and O–H groups in total. The Morgan fingerprint density at radius 1 is 1.10 bits per heavy atom. The minimum absolute atomic E-state index is 0.0473. The number of carbonyl (C=O) groups is 1. The Balaban J connectivity index is 1.75. The van der Waals surface area contributed by atoms with Crippen LogP contribution >= 0.6 is 0 Å². The van der Waals surface area contributed by atoms with E-state index >= 15 is 0 Å². The van der Waals surface area contributed by atoms with E-state index in [0.717, 1.165) is 16.9 Å². The minimum Gasteiger partial charge on any atom is -0.325 e. The molecule has 1 amide bonds. The molecule has 0 aliphatic carbocycles. The molecular weight excluding hydrogens is 250 g/mol. The quantitative estimate of drug-likeness (QED) is 0.876. The van der Waals surface area contributed by atoms with Crippen molar-refractivity contribution in [3.05, 3.63) is 59.4 Å². The van der Waals surface area contributed by atoms with Crippen molar-refractivity contribution >= 4 is 11.6 Å². The van der Waals surface area contributed by atoms with Gasteiger partial charge in [-0.1, -0.05) is 23.8 Å². The molecule has 4 heteroatoms. The monoisotopic (exact) mass is 269 g/mol. The molecule has 0 saturated heterocycles. The van der Waals surface area contributed by atoms with Gasteiger partial charge in [-0.25, -0.2) is 0 Å². The lowest BCUT2D eigenvalue weighted by atomic mass is 10.2. The van der Waals surface area contributed by atoms with Crippen molar-refractivity contribution in [2.24, 2.45) is 0 Å². The first-order valence-electron chi connectivity index (χ1n) is 6.62. The van der Waals surface area contributed by atoms with Gasteiger partial charge in [-0.3, -0.25) is 9.78 Å². The molecule has 0 spiro atoms. The van der Waals surface area contributed by atoms with E-state index in [0.29, 0.717) is 6.54 Å². The number of hydrogen-bond donors (Lipinski definition) is 2.